The van der Waals surface area contributed by atoms with Gasteiger partial charge in [-0.3, -0.25) is 0 Å². The quantitative estimate of drug-likeness (QED) is 0.680. The summed E-state index contributed by atoms with van der Waals surface area (Å²) < 4.78 is 0. The monoisotopic (exact) mass is 285 g/mol. The van der Waals surface area contributed by atoms with Gasteiger partial charge in [-0.1, -0.05) is 49.3 Å². The molecule has 1 aromatic carbocycles. The fourth-order valence-corrected chi connectivity index (χ4v) is 3.28. The maximum Gasteiger partial charge on any atom is 0.0282 e. The molecule has 1 atom stereocenters. The summed E-state index contributed by atoms with van der Waals surface area (Å²) in [7, 11) is 0. The van der Waals surface area contributed by atoms with Crippen molar-refractivity contribution in [2.75, 3.05) is 6.54 Å². The third-order valence-corrected chi connectivity index (χ3v) is 4.63. The lowest BCUT2D eigenvalue weighted by atomic mass is 9.94. The molecule has 0 aromatic heterocycles. The third-order valence-electron chi connectivity index (χ3n) is 4.63. The van der Waals surface area contributed by atoms with Crippen molar-refractivity contribution in [3.63, 3.8) is 0 Å². The number of hydrogen-bond donors (Lipinski definition) is 1. The van der Waals surface area contributed by atoms with Crippen molar-refractivity contribution in [1.29, 1.82) is 0 Å². The molecule has 0 radical (unpaired) electrons. The Balaban J connectivity index is 1.98. The second-order valence-electron chi connectivity index (χ2n) is 6.35. The Morgan fingerprint density at radius 1 is 1.14 bits per heavy atom. The Hall–Kier alpha value is -1.08. The van der Waals surface area contributed by atoms with Gasteiger partial charge in [0, 0.05) is 6.04 Å². The number of nitrogens with one attached hydrogen (secondary N) is 1. The Kier molecular flexibility index (Phi) is 7.02. The molecule has 0 heterocycles. The lowest BCUT2D eigenvalue weighted by Gasteiger charge is -2.22. The van der Waals surface area contributed by atoms with E-state index in [0.717, 1.165) is 6.54 Å². The number of hydrogen-bond acceptors (Lipinski definition) is 1. The van der Waals surface area contributed by atoms with Crippen molar-refractivity contribution in [1.82, 2.24) is 5.32 Å². The van der Waals surface area contributed by atoms with Gasteiger partial charge in [0.1, 0.15) is 0 Å². The molecule has 1 N–H and O–H groups in total. The van der Waals surface area contributed by atoms with E-state index >= 15 is 0 Å². The van der Waals surface area contributed by atoms with Crippen LogP contribution in [0.25, 0.3) is 0 Å². The van der Waals surface area contributed by atoms with Crippen LogP contribution >= 0.6 is 0 Å². The van der Waals surface area contributed by atoms with Crippen molar-refractivity contribution in [3.8, 4) is 0 Å². The Labute approximate surface area is 130 Å². The van der Waals surface area contributed by atoms with E-state index in [1.807, 2.05) is 0 Å². The summed E-state index contributed by atoms with van der Waals surface area (Å²) in [6.07, 6.45) is 12.9. The second-order valence-corrected chi connectivity index (χ2v) is 6.35. The molecule has 2 rings (SSSR count). The van der Waals surface area contributed by atoms with Crippen LogP contribution in [0.4, 0.5) is 0 Å². The summed E-state index contributed by atoms with van der Waals surface area (Å²) in [6, 6.07) is 9.41. The standard InChI is InChI=1S/C20H31N/c1-3-16-21-20(19-12-6-4-5-7-13-19)15-14-18-11-9-8-10-17(18)2/h8-12,20-21H,3-7,13-16H2,1-2H3. The van der Waals surface area contributed by atoms with Gasteiger partial charge in [-0.05, 0) is 69.5 Å². The summed E-state index contributed by atoms with van der Waals surface area (Å²) in [4.78, 5) is 0. The zero-order chi connectivity index (χ0) is 14.9. The summed E-state index contributed by atoms with van der Waals surface area (Å²) >= 11 is 0. The predicted molar refractivity (Wildman–Crippen MR) is 92.7 cm³/mol. The van der Waals surface area contributed by atoms with Gasteiger partial charge < -0.3 is 5.32 Å². The van der Waals surface area contributed by atoms with Crippen LogP contribution in [0.15, 0.2) is 35.9 Å². The lowest BCUT2D eigenvalue weighted by Crippen LogP contribution is -2.32. The number of benzene rings is 1. The largest absolute Gasteiger partial charge is 0.310 e. The van der Waals surface area contributed by atoms with Crippen molar-refractivity contribution in [3.05, 3.63) is 47.0 Å². The normalized spacial score (nSPS) is 17.1. The fourth-order valence-electron chi connectivity index (χ4n) is 3.28. The first-order chi connectivity index (χ1) is 10.3. The molecule has 1 unspecified atom stereocenters. The predicted octanol–water partition coefficient (Wildman–Crippen LogP) is 5.19. The van der Waals surface area contributed by atoms with E-state index in [0.29, 0.717) is 6.04 Å². The van der Waals surface area contributed by atoms with Gasteiger partial charge in [0.2, 0.25) is 0 Å². The van der Waals surface area contributed by atoms with Gasteiger partial charge in [0.05, 0.1) is 0 Å². The van der Waals surface area contributed by atoms with Gasteiger partial charge >= 0.3 is 0 Å². The maximum absolute atomic E-state index is 3.79. The van der Waals surface area contributed by atoms with E-state index < -0.39 is 0 Å². The molecule has 1 heteroatoms. The van der Waals surface area contributed by atoms with Gasteiger partial charge in [-0.15, -0.1) is 0 Å². The smallest absolute Gasteiger partial charge is 0.0282 e. The molecule has 1 nitrogen and oxygen atoms in total. The van der Waals surface area contributed by atoms with Gasteiger partial charge in [-0.25, -0.2) is 0 Å². The zero-order valence-electron chi connectivity index (χ0n) is 13.8. The van der Waals surface area contributed by atoms with Crippen LogP contribution in [0.2, 0.25) is 0 Å². The van der Waals surface area contributed by atoms with Crippen LogP contribution in [0.3, 0.4) is 0 Å². The van der Waals surface area contributed by atoms with Crippen molar-refractivity contribution in [2.45, 2.75) is 71.3 Å². The first-order valence-electron chi connectivity index (χ1n) is 8.78. The third kappa shape index (κ3) is 5.32. The number of rotatable bonds is 7. The van der Waals surface area contributed by atoms with E-state index in [4.69, 9.17) is 0 Å². The molecule has 0 fully saturated rings. The summed E-state index contributed by atoms with van der Waals surface area (Å²) in [5.41, 5.74) is 4.62. The van der Waals surface area contributed by atoms with E-state index in [-0.39, 0.29) is 0 Å². The fraction of sp³-hybridized carbons (Fsp3) is 0.600. The van der Waals surface area contributed by atoms with Crippen molar-refractivity contribution in [2.24, 2.45) is 0 Å². The summed E-state index contributed by atoms with van der Waals surface area (Å²) in [5, 5.41) is 3.79. The molecule has 1 aromatic rings. The van der Waals surface area contributed by atoms with Crippen molar-refractivity contribution < 1.29 is 0 Å². The van der Waals surface area contributed by atoms with Crippen molar-refractivity contribution >= 4 is 0 Å². The van der Waals surface area contributed by atoms with Crippen LogP contribution in [0.1, 0.15) is 63.0 Å². The van der Waals surface area contributed by atoms with E-state index in [2.05, 4.69) is 49.5 Å². The van der Waals surface area contributed by atoms with Gasteiger partial charge in [0.25, 0.3) is 0 Å². The zero-order valence-corrected chi connectivity index (χ0v) is 13.8. The highest BCUT2D eigenvalue weighted by Gasteiger charge is 2.15. The SMILES string of the molecule is CCCNC(CCc1ccccc1C)C1=CCCCCC1. The highest BCUT2D eigenvalue weighted by Crippen LogP contribution is 2.23. The Morgan fingerprint density at radius 2 is 2.00 bits per heavy atom. The molecule has 0 aliphatic heterocycles. The first-order valence-corrected chi connectivity index (χ1v) is 8.78. The molecule has 0 saturated heterocycles. The number of allylic oxidation sites excluding steroid dienone is 1. The molecular weight excluding hydrogens is 254 g/mol. The lowest BCUT2D eigenvalue weighted by molar-refractivity contribution is 0.515. The average molecular weight is 285 g/mol. The van der Waals surface area contributed by atoms with Crippen LogP contribution in [-0.2, 0) is 6.42 Å². The summed E-state index contributed by atoms with van der Waals surface area (Å²) in [5.74, 6) is 0. The van der Waals surface area contributed by atoms with E-state index in [1.165, 1.54) is 62.5 Å². The highest BCUT2D eigenvalue weighted by molar-refractivity contribution is 5.26. The summed E-state index contributed by atoms with van der Waals surface area (Å²) in [6.45, 7) is 5.62. The first kappa shape index (κ1) is 16.3. The molecule has 1 aliphatic carbocycles. The molecule has 116 valence electrons. The highest BCUT2D eigenvalue weighted by atomic mass is 14.9. The molecule has 1 aliphatic rings. The maximum atomic E-state index is 3.79. The minimum atomic E-state index is 0.586. The molecule has 21 heavy (non-hydrogen) atoms. The van der Waals surface area contributed by atoms with Crippen LogP contribution in [0, 0.1) is 6.92 Å². The molecular formula is C20H31N. The van der Waals surface area contributed by atoms with Crippen LogP contribution in [0.5, 0.6) is 0 Å². The molecule has 0 saturated carbocycles. The minimum absolute atomic E-state index is 0.586. The topological polar surface area (TPSA) is 12.0 Å². The average Bonchev–Trinajstić information content (AvgIpc) is 2.78. The van der Waals surface area contributed by atoms with Gasteiger partial charge in [0.15, 0.2) is 0 Å². The molecule has 0 spiro atoms. The van der Waals surface area contributed by atoms with Crippen LogP contribution in [-0.4, -0.2) is 12.6 Å². The Morgan fingerprint density at radius 3 is 2.81 bits per heavy atom. The second kappa shape index (κ2) is 9.04. The molecule has 0 amide bonds. The molecule has 0 bridgehead atoms. The Bertz CT molecular complexity index is 447. The van der Waals surface area contributed by atoms with Gasteiger partial charge in [-0.2, -0.15) is 0 Å². The van der Waals surface area contributed by atoms with E-state index in [1.54, 1.807) is 5.57 Å². The minimum Gasteiger partial charge on any atom is -0.310 e. The van der Waals surface area contributed by atoms with Crippen LogP contribution < -0.4 is 5.32 Å². The number of aryl methyl sites for hydroxylation is 2. The van der Waals surface area contributed by atoms with E-state index in [9.17, 15) is 0 Å².